The third-order valence-corrected chi connectivity index (χ3v) is 0.787. The lowest BCUT2D eigenvalue weighted by molar-refractivity contribution is 0.166. The van der Waals surface area contributed by atoms with Gasteiger partial charge in [-0.2, -0.15) is 0 Å². The van der Waals surface area contributed by atoms with Crippen molar-refractivity contribution in [2.24, 2.45) is 5.16 Å². The second-order valence-corrected chi connectivity index (χ2v) is 1.54. The van der Waals surface area contributed by atoms with Crippen LogP contribution in [0.4, 0.5) is 0 Å². The third kappa shape index (κ3) is 1.03. The van der Waals surface area contributed by atoms with E-state index in [2.05, 4.69) is 9.99 Å². The number of hydrogen-bond donors (Lipinski definition) is 0. The highest BCUT2D eigenvalue weighted by atomic mass is 16.6. The molecule has 0 N–H and O–H groups in total. The lowest BCUT2D eigenvalue weighted by Gasteiger charge is -2.00. The molecule has 2 nitrogen and oxygen atoms in total. The predicted octanol–water partition coefficient (Wildman–Crippen LogP) is 0.949. The van der Waals surface area contributed by atoms with Gasteiger partial charge in [-0.05, 0) is 18.6 Å². The Balaban J connectivity index is 2.57. The first-order valence-corrected chi connectivity index (χ1v) is 2.21. The van der Waals surface area contributed by atoms with Crippen LogP contribution in [0.2, 0.25) is 0 Å². The smallest absolute Gasteiger partial charge is 0.138 e. The highest BCUT2D eigenvalue weighted by Crippen LogP contribution is 1.95. The van der Waals surface area contributed by atoms with Crippen LogP contribution in [0, 0.1) is 0 Å². The fraction of sp³-hybridized carbons (Fsp3) is 0.400. The van der Waals surface area contributed by atoms with E-state index in [0.29, 0.717) is 6.61 Å². The largest absolute Gasteiger partial charge is 0.391 e. The fourth-order valence-corrected chi connectivity index (χ4v) is 0.388. The molecule has 0 aromatic rings. The maximum Gasteiger partial charge on any atom is 0.138 e. The van der Waals surface area contributed by atoms with Crippen molar-refractivity contribution in [1.82, 2.24) is 0 Å². The molecule has 38 valence electrons. The summed E-state index contributed by atoms with van der Waals surface area (Å²) in [5.74, 6) is 0. The molecule has 0 fully saturated rings. The number of oxime groups is 1. The molecule has 0 aliphatic carbocycles. The highest BCUT2D eigenvalue weighted by molar-refractivity contribution is 5.72. The van der Waals surface area contributed by atoms with Crippen LogP contribution in [0.25, 0.3) is 0 Å². The van der Waals surface area contributed by atoms with Gasteiger partial charge < -0.3 is 4.84 Å². The van der Waals surface area contributed by atoms with E-state index in [1.165, 1.54) is 5.57 Å². The Bertz CT molecular complexity index is 115. The molecule has 1 aliphatic heterocycles. The molecule has 0 saturated carbocycles. The minimum Gasteiger partial charge on any atom is -0.391 e. The van der Waals surface area contributed by atoms with Gasteiger partial charge in [-0.1, -0.05) is 5.16 Å². The normalized spacial score (nSPS) is 18.1. The highest BCUT2D eigenvalue weighted by Gasteiger charge is 1.89. The topological polar surface area (TPSA) is 21.6 Å². The molecule has 1 rings (SSSR count). The van der Waals surface area contributed by atoms with Gasteiger partial charge in [0.05, 0.1) is 6.21 Å². The molecule has 0 atom stereocenters. The Kier molecular flexibility index (Phi) is 1.11. The molecule has 0 unspecified atom stereocenters. The SMILES string of the molecule is CC1=CC=NOC1. The van der Waals surface area contributed by atoms with E-state index in [-0.39, 0.29) is 0 Å². The van der Waals surface area contributed by atoms with Crippen molar-refractivity contribution in [3.63, 3.8) is 0 Å². The van der Waals surface area contributed by atoms with E-state index in [4.69, 9.17) is 0 Å². The first-order valence-electron chi connectivity index (χ1n) is 2.21. The summed E-state index contributed by atoms with van der Waals surface area (Å²) in [4.78, 5) is 4.68. The molecule has 2 heteroatoms. The Morgan fingerprint density at radius 1 is 1.86 bits per heavy atom. The Morgan fingerprint density at radius 2 is 2.71 bits per heavy atom. The second-order valence-electron chi connectivity index (χ2n) is 1.54. The van der Waals surface area contributed by atoms with Crippen LogP contribution in [0.5, 0.6) is 0 Å². The molecule has 0 amide bonds. The summed E-state index contributed by atoms with van der Waals surface area (Å²) in [5.41, 5.74) is 1.22. The predicted molar refractivity (Wildman–Crippen MR) is 28.2 cm³/mol. The maximum atomic E-state index is 4.68. The monoisotopic (exact) mass is 97.1 g/mol. The summed E-state index contributed by atoms with van der Waals surface area (Å²) in [5, 5.41) is 3.53. The zero-order valence-corrected chi connectivity index (χ0v) is 4.22. The summed E-state index contributed by atoms with van der Waals surface area (Å²) in [7, 11) is 0. The van der Waals surface area contributed by atoms with Gasteiger partial charge >= 0.3 is 0 Å². The van der Waals surface area contributed by atoms with Gasteiger partial charge in [0.1, 0.15) is 6.61 Å². The fourth-order valence-electron chi connectivity index (χ4n) is 0.388. The van der Waals surface area contributed by atoms with Crippen LogP contribution < -0.4 is 0 Å². The van der Waals surface area contributed by atoms with Crippen molar-refractivity contribution in [2.45, 2.75) is 6.92 Å². The number of allylic oxidation sites excluding steroid dienone is 1. The van der Waals surface area contributed by atoms with Crippen LogP contribution in [0.15, 0.2) is 16.8 Å². The van der Waals surface area contributed by atoms with Crippen LogP contribution in [0.3, 0.4) is 0 Å². The van der Waals surface area contributed by atoms with Gasteiger partial charge in [-0.15, -0.1) is 0 Å². The second kappa shape index (κ2) is 1.78. The summed E-state index contributed by atoms with van der Waals surface area (Å²) in [6, 6.07) is 0. The van der Waals surface area contributed by atoms with E-state index in [0.717, 1.165) is 0 Å². The van der Waals surface area contributed by atoms with Crippen LogP contribution >= 0.6 is 0 Å². The van der Waals surface area contributed by atoms with Gasteiger partial charge in [0, 0.05) is 0 Å². The van der Waals surface area contributed by atoms with E-state index < -0.39 is 0 Å². The third-order valence-electron chi connectivity index (χ3n) is 0.787. The Hall–Kier alpha value is -0.790. The van der Waals surface area contributed by atoms with E-state index in [1.807, 2.05) is 13.0 Å². The molecular weight excluding hydrogens is 90.1 g/mol. The minimum absolute atomic E-state index is 0.649. The molecule has 0 aromatic heterocycles. The standard InChI is InChI=1S/C5H7NO/c1-5-2-3-6-7-4-5/h2-3H,4H2,1H3. The van der Waals surface area contributed by atoms with E-state index >= 15 is 0 Å². The van der Waals surface area contributed by atoms with Gasteiger partial charge in [0.25, 0.3) is 0 Å². The zero-order chi connectivity index (χ0) is 5.11. The first-order chi connectivity index (χ1) is 3.39. The number of hydrogen-bond acceptors (Lipinski definition) is 2. The van der Waals surface area contributed by atoms with Crippen molar-refractivity contribution in [2.75, 3.05) is 6.61 Å². The summed E-state index contributed by atoms with van der Waals surface area (Å²) < 4.78 is 0. The maximum absolute atomic E-state index is 4.68. The first kappa shape index (κ1) is 4.37. The molecular formula is C5H7NO. The van der Waals surface area contributed by atoms with Crippen molar-refractivity contribution < 1.29 is 4.84 Å². The lowest BCUT2D eigenvalue weighted by Crippen LogP contribution is -1.94. The number of rotatable bonds is 0. The quantitative estimate of drug-likeness (QED) is 0.441. The van der Waals surface area contributed by atoms with Crippen molar-refractivity contribution in [3.8, 4) is 0 Å². The van der Waals surface area contributed by atoms with E-state index in [1.54, 1.807) is 6.21 Å². The van der Waals surface area contributed by atoms with Gasteiger partial charge in [0.2, 0.25) is 0 Å². The Labute approximate surface area is 42.5 Å². The van der Waals surface area contributed by atoms with Crippen LogP contribution in [0.1, 0.15) is 6.92 Å². The molecule has 0 aromatic carbocycles. The van der Waals surface area contributed by atoms with Crippen molar-refractivity contribution in [3.05, 3.63) is 11.6 Å². The average molecular weight is 97.1 g/mol. The summed E-state index contributed by atoms with van der Waals surface area (Å²) in [6.07, 6.45) is 3.59. The Morgan fingerprint density at radius 3 is 3.00 bits per heavy atom. The number of nitrogens with zero attached hydrogens (tertiary/aromatic N) is 1. The summed E-state index contributed by atoms with van der Waals surface area (Å²) in [6.45, 7) is 2.65. The molecule has 0 spiro atoms. The molecule has 0 radical (unpaired) electrons. The van der Waals surface area contributed by atoms with Gasteiger partial charge in [-0.25, -0.2) is 0 Å². The van der Waals surface area contributed by atoms with E-state index in [9.17, 15) is 0 Å². The molecule has 1 heterocycles. The van der Waals surface area contributed by atoms with Crippen molar-refractivity contribution in [1.29, 1.82) is 0 Å². The zero-order valence-electron chi connectivity index (χ0n) is 4.22. The molecule has 7 heavy (non-hydrogen) atoms. The molecule has 1 aliphatic rings. The average Bonchev–Trinajstić information content (AvgIpc) is 1.69. The van der Waals surface area contributed by atoms with Gasteiger partial charge in [-0.3, -0.25) is 0 Å². The minimum atomic E-state index is 0.649. The molecule has 0 bridgehead atoms. The summed E-state index contributed by atoms with van der Waals surface area (Å²) >= 11 is 0. The lowest BCUT2D eigenvalue weighted by atomic mass is 10.3. The van der Waals surface area contributed by atoms with Crippen molar-refractivity contribution >= 4 is 6.21 Å². The molecule has 0 saturated heterocycles. The van der Waals surface area contributed by atoms with Crippen LogP contribution in [-0.2, 0) is 4.84 Å². The van der Waals surface area contributed by atoms with Gasteiger partial charge in [0.15, 0.2) is 0 Å². The van der Waals surface area contributed by atoms with Crippen LogP contribution in [-0.4, -0.2) is 12.8 Å².